The smallest absolute Gasteiger partial charge is 0.342 e. The van der Waals surface area contributed by atoms with Crippen molar-refractivity contribution in [2.45, 2.75) is 27.7 Å². The van der Waals surface area contributed by atoms with Crippen LogP contribution in [0.2, 0.25) is 0 Å². The molecule has 7 nitrogen and oxygen atoms in total. The molecule has 23 heavy (non-hydrogen) atoms. The van der Waals surface area contributed by atoms with E-state index in [-0.39, 0.29) is 11.6 Å². The lowest BCUT2D eigenvalue weighted by atomic mass is 10.1. The van der Waals surface area contributed by atoms with Gasteiger partial charge >= 0.3 is 5.97 Å². The largest absolute Gasteiger partial charge is 0.454 e. The van der Waals surface area contributed by atoms with E-state index >= 15 is 0 Å². The first-order chi connectivity index (χ1) is 10.7. The molecule has 0 atom stereocenters. The summed E-state index contributed by atoms with van der Waals surface area (Å²) >= 11 is 0. The quantitative estimate of drug-likeness (QED) is 0.671. The van der Waals surface area contributed by atoms with Crippen LogP contribution in [0, 0.1) is 20.8 Å². The third-order valence-corrected chi connectivity index (χ3v) is 3.86. The van der Waals surface area contributed by atoms with Gasteiger partial charge in [-0.3, -0.25) is 14.3 Å². The Hall–Kier alpha value is -2.70. The molecule has 0 bridgehead atoms. The number of hydrogen-bond acceptors (Lipinski definition) is 5. The van der Waals surface area contributed by atoms with Gasteiger partial charge in [0.05, 0.1) is 11.9 Å². The summed E-state index contributed by atoms with van der Waals surface area (Å²) in [5.74, 6) is -1.09. The highest BCUT2D eigenvalue weighted by Crippen LogP contribution is 2.19. The summed E-state index contributed by atoms with van der Waals surface area (Å²) < 4.78 is 6.61. The summed E-state index contributed by atoms with van der Waals surface area (Å²) in [6, 6.07) is 0. The van der Waals surface area contributed by atoms with Gasteiger partial charge in [0.1, 0.15) is 5.56 Å². The number of nitrogens with zero attached hydrogens (tertiary/aromatic N) is 2. The lowest BCUT2D eigenvalue weighted by Gasteiger charge is -2.04. The highest BCUT2D eigenvalue weighted by Gasteiger charge is 2.22. The second-order valence-electron chi connectivity index (χ2n) is 5.45. The van der Waals surface area contributed by atoms with Gasteiger partial charge in [0.25, 0.3) is 0 Å². The molecular formula is C16H19N3O4. The van der Waals surface area contributed by atoms with Crippen LogP contribution in [-0.4, -0.2) is 38.9 Å². The molecule has 0 spiro atoms. The molecule has 2 rings (SSSR count). The maximum Gasteiger partial charge on any atom is 0.342 e. The molecule has 7 heteroatoms. The predicted molar refractivity (Wildman–Crippen MR) is 82.8 cm³/mol. The van der Waals surface area contributed by atoms with Gasteiger partial charge in [0.2, 0.25) is 5.78 Å². The van der Waals surface area contributed by atoms with Crippen molar-refractivity contribution >= 4 is 17.5 Å². The highest BCUT2D eigenvalue weighted by atomic mass is 16.5. The van der Waals surface area contributed by atoms with Gasteiger partial charge in [-0.25, -0.2) is 4.79 Å². The molecule has 2 aromatic heterocycles. The van der Waals surface area contributed by atoms with Crippen molar-refractivity contribution in [2.24, 2.45) is 7.05 Å². The molecule has 0 amide bonds. The Balaban J connectivity index is 2.11. The number of ketones is 2. The minimum Gasteiger partial charge on any atom is -0.454 e. The van der Waals surface area contributed by atoms with Crippen molar-refractivity contribution < 1.29 is 19.1 Å². The number of ether oxygens (including phenoxy) is 1. The summed E-state index contributed by atoms with van der Waals surface area (Å²) in [7, 11) is 1.71. The van der Waals surface area contributed by atoms with E-state index in [4.69, 9.17) is 4.74 Å². The lowest BCUT2D eigenvalue weighted by molar-refractivity contribution is 0.0472. The molecule has 0 aliphatic carbocycles. The number of rotatable bonds is 5. The summed E-state index contributed by atoms with van der Waals surface area (Å²) in [5, 5.41) is 3.96. The van der Waals surface area contributed by atoms with Crippen LogP contribution in [0.25, 0.3) is 0 Å². The fourth-order valence-corrected chi connectivity index (χ4v) is 2.54. The molecule has 0 radical (unpaired) electrons. The number of H-pyrrole nitrogens is 1. The first kappa shape index (κ1) is 16.7. The number of carbonyl (C=O) groups is 3. The number of Topliss-reactive ketones (excluding diaryl/α,β-unsaturated/α-hetero) is 2. The molecule has 0 aliphatic rings. The summed E-state index contributed by atoms with van der Waals surface area (Å²) in [6.07, 6.45) is 1.40. The van der Waals surface area contributed by atoms with Gasteiger partial charge in [-0.15, -0.1) is 0 Å². The minimum atomic E-state index is -0.600. The Morgan fingerprint density at radius 2 is 1.91 bits per heavy atom. The highest BCUT2D eigenvalue weighted by molar-refractivity contribution is 6.04. The number of carbonyl (C=O) groups excluding carboxylic acids is 3. The first-order valence-corrected chi connectivity index (χ1v) is 7.13. The maximum absolute atomic E-state index is 12.2. The zero-order chi connectivity index (χ0) is 17.3. The molecule has 0 unspecified atom stereocenters. The Morgan fingerprint density at radius 3 is 2.39 bits per heavy atom. The van der Waals surface area contributed by atoms with Gasteiger partial charge in [0.15, 0.2) is 12.4 Å². The molecule has 122 valence electrons. The van der Waals surface area contributed by atoms with E-state index in [0.29, 0.717) is 33.8 Å². The number of aromatic amines is 1. The second kappa shape index (κ2) is 6.20. The third kappa shape index (κ3) is 3.08. The maximum atomic E-state index is 12.2. The van der Waals surface area contributed by atoms with E-state index in [2.05, 4.69) is 10.1 Å². The van der Waals surface area contributed by atoms with Crippen molar-refractivity contribution in [3.63, 3.8) is 0 Å². The number of hydrogen-bond donors (Lipinski definition) is 1. The standard InChI is InChI=1S/C16H19N3O4/c1-8-14(11(4)20)9(2)18-15(8)13(21)7-23-16(22)12-6-17-19(5)10(12)3/h6,18H,7H2,1-5H3. The average Bonchev–Trinajstić information content (AvgIpc) is 2.96. The normalized spacial score (nSPS) is 10.7. The Labute approximate surface area is 133 Å². The molecule has 0 saturated carbocycles. The zero-order valence-electron chi connectivity index (χ0n) is 13.8. The SMILES string of the molecule is CC(=O)c1c(C)[nH]c(C(=O)COC(=O)c2cnn(C)c2C)c1C. The van der Waals surface area contributed by atoms with E-state index < -0.39 is 12.6 Å². The molecule has 0 fully saturated rings. The minimum absolute atomic E-state index is 0.113. The van der Waals surface area contributed by atoms with Gasteiger partial charge in [-0.2, -0.15) is 5.10 Å². The molecular weight excluding hydrogens is 298 g/mol. The molecule has 0 saturated heterocycles. The molecule has 2 aromatic rings. The van der Waals surface area contributed by atoms with Crippen LogP contribution in [0.3, 0.4) is 0 Å². The topological polar surface area (TPSA) is 94.0 Å². The van der Waals surface area contributed by atoms with Crippen LogP contribution >= 0.6 is 0 Å². The summed E-state index contributed by atoms with van der Waals surface area (Å²) in [6.45, 7) is 6.21. The molecule has 2 heterocycles. The Bertz CT molecular complexity index is 799. The van der Waals surface area contributed by atoms with Crippen molar-refractivity contribution in [1.82, 2.24) is 14.8 Å². The van der Waals surface area contributed by atoms with Gasteiger partial charge in [-0.1, -0.05) is 0 Å². The van der Waals surface area contributed by atoms with Gasteiger partial charge in [-0.05, 0) is 33.3 Å². The summed E-state index contributed by atoms with van der Waals surface area (Å²) in [5.41, 5.74) is 2.99. The van der Waals surface area contributed by atoms with E-state index in [1.807, 2.05) is 0 Å². The predicted octanol–water partition coefficient (Wildman–Crippen LogP) is 1.92. The Kier molecular flexibility index (Phi) is 4.49. The van der Waals surface area contributed by atoms with E-state index in [1.165, 1.54) is 13.1 Å². The van der Waals surface area contributed by atoms with Crippen LogP contribution in [0.4, 0.5) is 0 Å². The molecule has 0 aromatic carbocycles. The zero-order valence-corrected chi connectivity index (χ0v) is 13.8. The van der Waals surface area contributed by atoms with Crippen LogP contribution < -0.4 is 0 Å². The monoisotopic (exact) mass is 317 g/mol. The number of aromatic nitrogens is 3. The number of nitrogens with one attached hydrogen (secondary N) is 1. The number of esters is 1. The second-order valence-corrected chi connectivity index (χ2v) is 5.45. The fraction of sp³-hybridized carbons (Fsp3) is 0.375. The first-order valence-electron chi connectivity index (χ1n) is 7.13. The Morgan fingerprint density at radius 1 is 1.26 bits per heavy atom. The van der Waals surface area contributed by atoms with E-state index in [1.54, 1.807) is 32.5 Å². The molecule has 1 N–H and O–H groups in total. The van der Waals surface area contributed by atoms with Gasteiger partial charge < -0.3 is 9.72 Å². The van der Waals surface area contributed by atoms with Crippen LogP contribution in [0.5, 0.6) is 0 Å². The van der Waals surface area contributed by atoms with Gasteiger partial charge in [0, 0.05) is 24.0 Å². The van der Waals surface area contributed by atoms with Crippen molar-refractivity contribution in [2.75, 3.05) is 6.61 Å². The van der Waals surface area contributed by atoms with Crippen molar-refractivity contribution in [3.8, 4) is 0 Å². The van der Waals surface area contributed by atoms with E-state index in [9.17, 15) is 14.4 Å². The molecule has 0 aliphatic heterocycles. The van der Waals surface area contributed by atoms with Crippen LogP contribution in [0.15, 0.2) is 6.20 Å². The van der Waals surface area contributed by atoms with E-state index in [0.717, 1.165) is 0 Å². The van der Waals surface area contributed by atoms with Crippen LogP contribution in [-0.2, 0) is 11.8 Å². The van der Waals surface area contributed by atoms with Crippen molar-refractivity contribution in [1.29, 1.82) is 0 Å². The number of aryl methyl sites for hydroxylation is 2. The van der Waals surface area contributed by atoms with Crippen LogP contribution in [0.1, 0.15) is 55.1 Å². The van der Waals surface area contributed by atoms with Crippen molar-refractivity contribution in [3.05, 3.63) is 40.0 Å². The third-order valence-electron chi connectivity index (χ3n) is 3.86. The average molecular weight is 317 g/mol. The summed E-state index contributed by atoms with van der Waals surface area (Å²) in [4.78, 5) is 38.7. The lowest BCUT2D eigenvalue weighted by Crippen LogP contribution is -2.16. The fourth-order valence-electron chi connectivity index (χ4n) is 2.54.